The van der Waals surface area contributed by atoms with Crippen molar-refractivity contribution in [1.82, 2.24) is 20.3 Å². The van der Waals surface area contributed by atoms with Crippen molar-refractivity contribution in [3.8, 4) is 11.4 Å². The predicted octanol–water partition coefficient (Wildman–Crippen LogP) is 3.16. The molecule has 0 aliphatic heterocycles. The molecule has 0 atom stereocenters. The number of nitrogen functional groups attached to an aromatic ring is 1. The molecule has 7 nitrogen and oxygen atoms in total. The van der Waals surface area contributed by atoms with Crippen molar-refractivity contribution in [1.29, 1.82) is 0 Å². The molecule has 0 saturated carbocycles. The van der Waals surface area contributed by atoms with E-state index >= 15 is 0 Å². The maximum Gasteiger partial charge on any atom is 0.318 e. The molecule has 4 N–H and O–H groups in total. The smallest absolute Gasteiger partial charge is 0.318 e. The van der Waals surface area contributed by atoms with Crippen molar-refractivity contribution < 1.29 is 4.79 Å². The lowest BCUT2D eigenvalue weighted by Crippen LogP contribution is -2.24. The maximum absolute atomic E-state index is 11.3. The normalized spacial score (nSPS) is 10.3. The van der Waals surface area contributed by atoms with Crippen molar-refractivity contribution in [3.63, 3.8) is 0 Å². The number of nitrogens with zero attached hydrogens (tertiary/aromatic N) is 3. The van der Waals surface area contributed by atoms with E-state index in [0.29, 0.717) is 23.1 Å². The number of nitrogens with two attached hydrogens (primary N) is 1. The van der Waals surface area contributed by atoms with Crippen LogP contribution >= 0.6 is 11.8 Å². The number of anilines is 2. The van der Waals surface area contributed by atoms with Crippen LogP contribution in [0.4, 0.5) is 16.3 Å². The third-order valence-corrected chi connectivity index (χ3v) is 4.41. The SMILES string of the molecule is CNC(=O)Nc1ccc(-c2nc(N)cc(CSc3ccccn3)n2)cc1. The number of urea groups is 1. The number of amides is 2. The molecule has 2 aromatic heterocycles. The van der Waals surface area contributed by atoms with Crippen LogP contribution in [0.5, 0.6) is 0 Å². The molecule has 0 aliphatic rings. The fraction of sp³-hybridized carbons (Fsp3) is 0.111. The lowest BCUT2D eigenvalue weighted by molar-refractivity contribution is 0.254. The molecule has 0 radical (unpaired) electrons. The lowest BCUT2D eigenvalue weighted by atomic mass is 10.2. The highest BCUT2D eigenvalue weighted by Gasteiger charge is 2.07. The Hall–Kier alpha value is -3.13. The minimum absolute atomic E-state index is 0.271. The predicted molar refractivity (Wildman–Crippen MR) is 104 cm³/mol. The topological polar surface area (TPSA) is 106 Å². The number of carbonyl (C=O) groups excluding carboxylic acids is 1. The van der Waals surface area contributed by atoms with Gasteiger partial charge in [-0.3, -0.25) is 0 Å². The van der Waals surface area contributed by atoms with Crippen molar-refractivity contribution in [2.24, 2.45) is 0 Å². The van der Waals surface area contributed by atoms with Gasteiger partial charge in [-0.2, -0.15) is 0 Å². The van der Waals surface area contributed by atoms with Crippen molar-refractivity contribution >= 4 is 29.3 Å². The summed E-state index contributed by atoms with van der Waals surface area (Å²) in [6, 6.07) is 14.5. The molecule has 3 aromatic rings. The van der Waals surface area contributed by atoms with Crippen LogP contribution in [0.25, 0.3) is 11.4 Å². The van der Waals surface area contributed by atoms with Crippen molar-refractivity contribution in [2.45, 2.75) is 10.8 Å². The van der Waals surface area contributed by atoms with E-state index in [4.69, 9.17) is 5.73 Å². The molecule has 0 fully saturated rings. The summed E-state index contributed by atoms with van der Waals surface area (Å²) in [7, 11) is 1.56. The summed E-state index contributed by atoms with van der Waals surface area (Å²) in [4.78, 5) is 24.5. The highest BCUT2D eigenvalue weighted by molar-refractivity contribution is 7.98. The number of pyridine rings is 1. The Morgan fingerprint density at radius 2 is 1.96 bits per heavy atom. The molecule has 0 saturated heterocycles. The Labute approximate surface area is 155 Å². The molecule has 0 unspecified atom stereocenters. The number of hydrogen-bond donors (Lipinski definition) is 3. The lowest BCUT2D eigenvalue weighted by Gasteiger charge is -2.08. The van der Waals surface area contributed by atoms with Gasteiger partial charge in [0.1, 0.15) is 5.82 Å². The molecule has 0 aliphatic carbocycles. The first-order valence-electron chi connectivity index (χ1n) is 7.90. The van der Waals surface area contributed by atoms with E-state index in [0.717, 1.165) is 16.3 Å². The number of aromatic nitrogens is 3. The van der Waals surface area contributed by atoms with Gasteiger partial charge in [0.05, 0.1) is 10.7 Å². The number of carbonyl (C=O) groups is 1. The molecule has 0 spiro atoms. The number of nitrogens with one attached hydrogen (secondary N) is 2. The van der Waals surface area contributed by atoms with Crippen LogP contribution in [-0.2, 0) is 5.75 Å². The third-order valence-electron chi connectivity index (χ3n) is 3.43. The number of benzene rings is 1. The number of hydrogen-bond acceptors (Lipinski definition) is 6. The molecule has 3 rings (SSSR count). The second-order valence-electron chi connectivity index (χ2n) is 5.35. The van der Waals surface area contributed by atoms with Gasteiger partial charge in [0.25, 0.3) is 0 Å². The average Bonchev–Trinajstić information content (AvgIpc) is 2.67. The Balaban J connectivity index is 1.75. The molecule has 8 heteroatoms. The van der Waals surface area contributed by atoms with Crippen LogP contribution in [0.2, 0.25) is 0 Å². The molecular weight excluding hydrogens is 348 g/mol. The Kier molecular flexibility index (Phi) is 5.65. The van der Waals surface area contributed by atoms with Crippen molar-refractivity contribution in [3.05, 3.63) is 60.4 Å². The van der Waals surface area contributed by atoms with Gasteiger partial charge < -0.3 is 16.4 Å². The highest BCUT2D eigenvalue weighted by Crippen LogP contribution is 2.23. The van der Waals surface area contributed by atoms with E-state index in [1.165, 1.54) is 0 Å². The molecular formula is C18H18N6OS. The summed E-state index contributed by atoms with van der Waals surface area (Å²) in [5.74, 6) is 1.61. The van der Waals surface area contributed by atoms with Crippen LogP contribution < -0.4 is 16.4 Å². The van der Waals surface area contributed by atoms with Crippen LogP contribution in [-0.4, -0.2) is 28.0 Å². The van der Waals surface area contributed by atoms with Crippen molar-refractivity contribution in [2.75, 3.05) is 18.1 Å². The Morgan fingerprint density at radius 3 is 2.65 bits per heavy atom. The third kappa shape index (κ3) is 4.70. The quantitative estimate of drug-likeness (QED) is 0.599. The fourth-order valence-corrected chi connectivity index (χ4v) is 2.95. The first-order valence-corrected chi connectivity index (χ1v) is 8.89. The second-order valence-corrected chi connectivity index (χ2v) is 6.34. The van der Waals surface area contributed by atoms with E-state index in [1.54, 1.807) is 43.2 Å². The van der Waals surface area contributed by atoms with Gasteiger partial charge in [0.15, 0.2) is 5.82 Å². The molecule has 26 heavy (non-hydrogen) atoms. The Bertz CT molecular complexity index is 886. The summed E-state index contributed by atoms with van der Waals surface area (Å²) in [6.07, 6.45) is 1.76. The maximum atomic E-state index is 11.3. The zero-order chi connectivity index (χ0) is 18.4. The largest absolute Gasteiger partial charge is 0.384 e. The summed E-state index contributed by atoms with van der Waals surface area (Å²) in [5, 5.41) is 6.14. The van der Waals surface area contributed by atoms with Crippen LogP contribution in [0.3, 0.4) is 0 Å². The van der Waals surface area contributed by atoms with E-state index in [-0.39, 0.29) is 6.03 Å². The summed E-state index contributed by atoms with van der Waals surface area (Å²) in [5.41, 5.74) is 8.27. The zero-order valence-corrected chi connectivity index (χ0v) is 15.0. The van der Waals surface area contributed by atoms with Gasteiger partial charge in [-0.25, -0.2) is 19.7 Å². The van der Waals surface area contributed by atoms with E-state index in [1.807, 2.05) is 30.3 Å². The number of rotatable bonds is 5. The first-order chi connectivity index (χ1) is 12.6. The average molecular weight is 366 g/mol. The number of thioether (sulfide) groups is 1. The fourth-order valence-electron chi connectivity index (χ4n) is 2.20. The van der Waals surface area contributed by atoms with Gasteiger partial charge in [-0.1, -0.05) is 6.07 Å². The minimum atomic E-state index is -0.271. The van der Waals surface area contributed by atoms with Gasteiger partial charge in [-0.15, -0.1) is 11.8 Å². The zero-order valence-electron chi connectivity index (χ0n) is 14.1. The van der Waals surface area contributed by atoms with E-state index in [9.17, 15) is 4.79 Å². The van der Waals surface area contributed by atoms with Gasteiger partial charge >= 0.3 is 6.03 Å². The monoisotopic (exact) mass is 366 g/mol. The molecule has 2 heterocycles. The Morgan fingerprint density at radius 1 is 1.15 bits per heavy atom. The first kappa shape index (κ1) is 17.7. The standard InChI is InChI=1S/C18H18N6OS/c1-20-18(25)23-13-7-5-12(6-8-13)17-22-14(10-15(19)24-17)11-26-16-4-2-3-9-21-16/h2-10H,11H2,1H3,(H2,19,22,24)(H2,20,23,25). The molecule has 1 aromatic carbocycles. The summed E-state index contributed by atoms with van der Waals surface area (Å²) >= 11 is 1.59. The van der Waals surface area contributed by atoms with Crippen LogP contribution in [0.1, 0.15) is 5.69 Å². The van der Waals surface area contributed by atoms with E-state index in [2.05, 4.69) is 25.6 Å². The highest BCUT2D eigenvalue weighted by atomic mass is 32.2. The van der Waals surface area contributed by atoms with Gasteiger partial charge in [0.2, 0.25) is 0 Å². The van der Waals surface area contributed by atoms with Crippen LogP contribution in [0.15, 0.2) is 59.8 Å². The molecule has 132 valence electrons. The van der Waals surface area contributed by atoms with E-state index < -0.39 is 0 Å². The molecule has 2 amide bonds. The summed E-state index contributed by atoms with van der Waals surface area (Å²) < 4.78 is 0. The van der Waals surface area contributed by atoms with Gasteiger partial charge in [0, 0.05) is 36.3 Å². The molecule has 0 bridgehead atoms. The minimum Gasteiger partial charge on any atom is -0.384 e. The summed E-state index contributed by atoms with van der Waals surface area (Å²) in [6.45, 7) is 0. The van der Waals surface area contributed by atoms with Crippen LogP contribution in [0, 0.1) is 0 Å². The second kappa shape index (κ2) is 8.30. The van der Waals surface area contributed by atoms with Gasteiger partial charge in [-0.05, 0) is 36.4 Å².